The first-order valence-corrected chi connectivity index (χ1v) is 9.35. The van der Waals surface area contributed by atoms with Crippen LogP contribution in [0.25, 0.3) is 0 Å². The van der Waals surface area contributed by atoms with E-state index in [-0.39, 0.29) is 6.04 Å². The SMILES string of the molecule is CC1CCCCN1S(=O)(=O)N(CCCl)Cc1ccccc1. The summed E-state index contributed by atoms with van der Waals surface area (Å²) in [7, 11) is -3.45. The molecule has 1 aliphatic rings. The van der Waals surface area contributed by atoms with Crippen LogP contribution in [-0.2, 0) is 16.8 Å². The molecule has 21 heavy (non-hydrogen) atoms. The fourth-order valence-electron chi connectivity index (χ4n) is 2.72. The van der Waals surface area contributed by atoms with Crippen LogP contribution in [0.1, 0.15) is 31.7 Å². The van der Waals surface area contributed by atoms with Gasteiger partial charge in [-0.05, 0) is 25.3 Å². The normalized spacial score (nSPS) is 20.8. The Hall–Kier alpha value is -0.620. The van der Waals surface area contributed by atoms with Crippen LogP contribution in [0.3, 0.4) is 0 Å². The van der Waals surface area contributed by atoms with E-state index >= 15 is 0 Å². The lowest BCUT2D eigenvalue weighted by molar-refractivity contribution is 0.244. The van der Waals surface area contributed by atoms with Gasteiger partial charge in [-0.3, -0.25) is 0 Å². The summed E-state index contributed by atoms with van der Waals surface area (Å²) in [5.74, 6) is 0.300. The number of piperidine rings is 1. The molecule has 0 radical (unpaired) electrons. The van der Waals surface area contributed by atoms with Crippen LogP contribution in [0.15, 0.2) is 30.3 Å². The monoisotopic (exact) mass is 330 g/mol. The third-order valence-corrected chi connectivity index (χ3v) is 6.17. The molecule has 2 rings (SSSR count). The molecule has 1 aromatic carbocycles. The Labute approximate surface area is 132 Å². The van der Waals surface area contributed by atoms with Gasteiger partial charge in [-0.2, -0.15) is 17.0 Å². The number of hydrogen-bond donors (Lipinski definition) is 0. The molecule has 0 aromatic heterocycles. The third kappa shape index (κ3) is 4.19. The van der Waals surface area contributed by atoms with Crippen molar-refractivity contribution in [1.29, 1.82) is 0 Å². The van der Waals surface area contributed by atoms with Gasteiger partial charge in [0.1, 0.15) is 0 Å². The Morgan fingerprint density at radius 3 is 2.62 bits per heavy atom. The van der Waals surface area contributed by atoms with Crippen molar-refractivity contribution in [3.05, 3.63) is 35.9 Å². The molecule has 0 amide bonds. The van der Waals surface area contributed by atoms with Gasteiger partial charge in [-0.15, -0.1) is 11.6 Å². The van der Waals surface area contributed by atoms with Gasteiger partial charge < -0.3 is 0 Å². The van der Waals surface area contributed by atoms with Crippen molar-refractivity contribution in [1.82, 2.24) is 8.61 Å². The fraction of sp³-hybridized carbons (Fsp3) is 0.600. The van der Waals surface area contributed by atoms with Crippen LogP contribution >= 0.6 is 11.6 Å². The molecule has 0 saturated carbocycles. The van der Waals surface area contributed by atoms with Crippen molar-refractivity contribution < 1.29 is 8.42 Å². The van der Waals surface area contributed by atoms with Crippen LogP contribution in [0.5, 0.6) is 0 Å². The second kappa shape index (κ2) is 7.58. The van der Waals surface area contributed by atoms with E-state index in [1.165, 1.54) is 4.31 Å². The van der Waals surface area contributed by atoms with Gasteiger partial charge >= 0.3 is 0 Å². The van der Waals surface area contributed by atoms with Crippen LogP contribution in [0, 0.1) is 0 Å². The molecule has 4 nitrogen and oxygen atoms in total. The van der Waals surface area contributed by atoms with Crippen molar-refractivity contribution in [3.63, 3.8) is 0 Å². The van der Waals surface area contributed by atoms with Gasteiger partial charge in [0.05, 0.1) is 0 Å². The molecule has 6 heteroatoms. The lowest BCUT2D eigenvalue weighted by Gasteiger charge is -2.36. The molecule has 118 valence electrons. The van der Waals surface area contributed by atoms with Crippen molar-refractivity contribution in [2.45, 2.75) is 38.8 Å². The maximum atomic E-state index is 12.9. The number of alkyl halides is 1. The summed E-state index contributed by atoms with van der Waals surface area (Å²) in [6, 6.07) is 9.72. The zero-order valence-electron chi connectivity index (χ0n) is 12.4. The van der Waals surface area contributed by atoms with Gasteiger partial charge in [0, 0.05) is 31.6 Å². The molecular weight excluding hydrogens is 308 g/mol. The number of benzene rings is 1. The van der Waals surface area contributed by atoms with E-state index in [4.69, 9.17) is 11.6 Å². The largest absolute Gasteiger partial charge is 0.282 e. The summed E-state index contributed by atoms with van der Waals surface area (Å²) in [5, 5.41) is 0. The van der Waals surface area contributed by atoms with E-state index in [1.54, 1.807) is 4.31 Å². The number of hydrogen-bond acceptors (Lipinski definition) is 2. The van der Waals surface area contributed by atoms with Gasteiger partial charge in [-0.25, -0.2) is 0 Å². The highest BCUT2D eigenvalue weighted by Gasteiger charge is 2.34. The first kappa shape index (κ1) is 16.7. The lowest BCUT2D eigenvalue weighted by atomic mass is 10.1. The zero-order chi connectivity index (χ0) is 15.3. The second-order valence-corrected chi connectivity index (χ2v) is 7.73. The van der Waals surface area contributed by atoms with E-state index < -0.39 is 10.2 Å². The molecular formula is C15H23ClN2O2S. The summed E-state index contributed by atoms with van der Waals surface area (Å²) in [6.45, 7) is 3.30. The first-order valence-electron chi connectivity index (χ1n) is 7.42. The van der Waals surface area contributed by atoms with E-state index in [2.05, 4.69) is 0 Å². The van der Waals surface area contributed by atoms with E-state index in [0.717, 1.165) is 24.8 Å². The topological polar surface area (TPSA) is 40.6 Å². The molecule has 1 atom stereocenters. The van der Waals surface area contributed by atoms with Crippen molar-refractivity contribution in [2.24, 2.45) is 0 Å². The molecule has 1 heterocycles. The third-order valence-electron chi connectivity index (χ3n) is 3.90. The molecule has 1 aromatic rings. The highest BCUT2D eigenvalue weighted by atomic mass is 35.5. The Kier molecular flexibility index (Phi) is 6.05. The summed E-state index contributed by atoms with van der Waals surface area (Å²) in [5.41, 5.74) is 0.982. The second-order valence-electron chi connectivity index (χ2n) is 5.47. The quantitative estimate of drug-likeness (QED) is 0.752. The Morgan fingerprint density at radius 2 is 2.00 bits per heavy atom. The fourth-order valence-corrected chi connectivity index (χ4v) is 4.88. The lowest BCUT2D eigenvalue weighted by Crippen LogP contribution is -2.49. The van der Waals surface area contributed by atoms with Crippen molar-refractivity contribution in [2.75, 3.05) is 19.0 Å². The van der Waals surface area contributed by atoms with Gasteiger partial charge in [0.15, 0.2) is 0 Å². The molecule has 1 saturated heterocycles. The Balaban J connectivity index is 2.19. The molecule has 1 unspecified atom stereocenters. The molecule has 0 bridgehead atoms. The summed E-state index contributed by atoms with van der Waals surface area (Å²) in [6.07, 6.45) is 2.96. The minimum absolute atomic E-state index is 0.0670. The summed E-state index contributed by atoms with van der Waals surface area (Å²) < 4.78 is 28.9. The van der Waals surface area contributed by atoms with Crippen LogP contribution < -0.4 is 0 Å². The first-order chi connectivity index (χ1) is 10.1. The summed E-state index contributed by atoms with van der Waals surface area (Å²) >= 11 is 5.82. The summed E-state index contributed by atoms with van der Waals surface area (Å²) in [4.78, 5) is 0. The maximum Gasteiger partial charge on any atom is 0.282 e. The predicted molar refractivity (Wildman–Crippen MR) is 86.5 cm³/mol. The highest BCUT2D eigenvalue weighted by molar-refractivity contribution is 7.86. The number of rotatable bonds is 6. The Morgan fingerprint density at radius 1 is 1.29 bits per heavy atom. The average Bonchev–Trinajstić information content (AvgIpc) is 2.48. The van der Waals surface area contributed by atoms with E-state index in [1.807, 2.05) is 37.3 Å². The van der Waals surface area contributed by atoms with Crippen LogP contribution in [-0.4, -0.2) is 42.0 Å². The van der Waals surface area contributed by atoms with E-state index in [0.29, 0.717) is 25.5 Å². The molecule has 1 fully saturated rings. The van der Waals surface area contributed by atoms with E-state index in [9.17, 15) is 8.42 Å². The van der Waals surface area contributed by atoms with Crippen LogP contribution in [0.2, 0.25) is 0 Å². The molecule has 0 aliphatic carbocycles. The smallest absolute Gasteiger partial charge is 0.195 e. The highest BCUT2D eigenvalue weighted by Crippen LogP contribution is 2.23. The van der Waals surface area contributed by atoms with Crippen LogP contribution in [0.4, 0.5) is 0 Å². The standard InChI is InChI=1S/C15H23ClN2O2S/c1-14-7-5-6-11-18(14)21(19,20)17(12-10-16)13-15-8-3-2-4-9-15/h2-4,8-9,14H,5-7,10-13H2,1H3. The predicted octanol–water partition coefficient (Wildman–Crippen LogP) is 2.85. The minimum atomic E-state index is -3.45. The number of halogens is 1. The molecule has 0 spiro atoms. The molecule has 1 aliphatic heterocycles. The number of nitrogens with zero attached hydrogens (tertiary/aromatic N) is 2. The minimum Gasteiger partial charge on any atom is -0.195 e. The van der Waals surface area contributed by atoms with Crippen molar-refractivity contribution >= 4 is 21.8 Å². The van der Waals surface area contributed by atoms with Gasteiger partial charge in [0.2, 0.25) is 0 Å². The maximum absolute atomic E-state index is 12.9. The Bertz CT molecular complexity index is 536. The zero-order valence-corrected chi connectivity index (χ0v) is 14.0. The van der Waals surface area contributed by atoms with Gasteiger partial charge in [0.25, 0.3) is 10.2 Å². The van der Waals surface area contributed by atoms with Crippen molar-refractivity contribution in [3.8, 4) is 0 Å². The van der Waals surface area contributed by atoms with Gasteiger partial charge in [-0.1, -0.05) is 36.8 Å². The average molecular weight is 331 g/mol. The molecule has 0 N–H and O–H groups in total.